The first-order valence-corrected chi connectivity index (χ1v) is 8.42. The molecule has 0 atom stereocenters. The van der Waals surface area contributed by atoms with E-state index in [9.17, 15) is 4.79 Å². The number of unbranched alkanes of at least 4 members (excludes halogenated alkanes) is 2. The number of carbonyl (C=O) groups is 1. The fourth-order valence-electron chi connectivity index (χ4n) is 3.38. The summed E-state index contributed by atoms with van der Waals surface area (Å²) >= 11 is 0. The highest BCUT2D eigenvalue weighted by molar-refractivity contribution is 6.02. The number of aromatic nitrogens is 2. The molecule has 0 unspecified atom stereocenters. The zero-order valence-corrected chi connectivity index (χ0v) is 14.6. The van der Waals surface area contributed by atoms with Crippen molar-refractivity contribution >= 4 is 5.91 Å². The third kappa shape index (κ3) is 3.46. The van der Waals surface area contributed by atoms with Crippen molar-refractivity contribution in [2.24, 2.45) is 5.73 Å². The van der Waals surface area contributed by atoms with Crippen LogP contribution in [0.2, 0.25) is 0 Å². The van der Waals surface area contributed by atoms with Crippen LogP contribution in [0.1, 0.15) is 67.8 Å². The van der Waals surface area contributed by atoms with Crippen molar-refractivity contribution in [3.8, 4) is 11.1 Å². The molecule has 0 bridgehead atoms. The zero-order valence-electron chi connectivity index (χ0n) is 14.6. The van der Waals surface area contributed by atoms with Crippen LogP contribution in [0.3, 0.4) is 0 Å². The number of carbonyl (C=O) groups excluding carboxylic acids is 1. The Bertz CT molecular complexity index is 672. The summed E-state index contributed by atoms with van der Waals surface area (Å²) < 4.78 is 2.26. The van der Waals surface area contributed by atoms with Crippen molar-refractivity contribution in [2.45, 2.75) is 59.4 Å². The number of nitrogens with two attached hydrogens (primary N) is 1. The van der Waals surface area contributed by atoms with Gasteiger partial charge in [0.25, 0.3) is 5.91 Å². The molecule has 1 amide bonds. The highest BCUT2D eigenvalue weighted by Gasteiger charge is 2.25. The molecule has 0 aliphatic rings. The van der Waals surface area contributed by atoms with Crippen molar-refractivity contribution in [1.29, 1.82) is 0 Å². The molecule has 124 valence electrons. The van der Waals surface area contributed by atoms with Crippen LogP contribution in [-0.4, -0.2) is 15.5 Å². The van der Waals surface area contributed by atoms with E-state index in [0.29, 0.717) is 5.56 Å². The van der Waals surface area contributed by atoms with Gasteiger partial charge >= 0.3 is 0 Å². The summed E-state index contributed by atoms with van der Waals surface area (Å²) in [6.45, 7) is 8.48. The van der Waals surface area contributed by atoms with Gasteiger partial charge in [0, 0.05) is 41.0 Å². The zero-order chi connectivity index (χ0) is 17.0. The molecular weight excluding hydrogens is 286 g/mol. The molecule has 0 fully saturated rings. The van der Waals surface area contributed by atoms with Gasteiger partial charge < -0.3 is 10.3 Å². The normalized spacial score (nSPS) is 11.2. The number of amides is 1. The van der Waals surface area contributed by atoms with E-state index >= 15 is 0 Å². The maximum Gasteiger partial charge on any atom is 0.251 e. The maximum absolute atomic E-state index is 12.1. The largest absolute Gasteiger partial charge is 0.366 e. The van der Waals surface area contributed by atoms with Crippen molar-refractivity contribution in [2.75, 3.05) is 0 Å². The summed E-state index contributed by atoms with van der Waals surface area (Å²) in [5.41, 5.74) is 10.4. The van der Waals surface area contributed by atoms with Crippen LogP contribution in [0.5, 0.6) is 0 Å². The van der Waals surface area contributed by atoms with Gasteiger partial charge in [-0.15, -0.1) is 0 Å². The van der Waals surface area contributed by atoms with Crippen LogP contribution in [0.4, 0.5) is 0 Å². The highest BCUT2D eigenvalue weighted by Crippen LogP contribution is 2.35. The Hall–Kier alpha value is -2.10. The van der Waals surface area contributed by atoms with Crippen LogP contribution in [0.25, 0.3) is 11.1 Å². The molecule has 2 heterocycles. The molecule has 23 heavy (non-hydrogen) atoms. The smallest absolute Gasteiger partial charge is 0.251 e. The molecule has 2 aromatic rings. The lowest BCUT2D eigenvalue weighted by atomic mass is 9.98. The van der Waals surface area contributed by atoms with E-state index in [-0.39, 0.29) is 11.9 Å². The van der Waals surface area contributed by atoms with Crippen molar-refractivity contribution in [3.05, 3.63) is 41.5 Å². The van der Waals surface area contributed by atoms with Crippen molar-refractivity contribution in [1.82, 2.24) is 9.55 Å². The number of primary amides is 1. The summed E-state index contributed by atoms with van der Waals surface area (Å²) in [4.78, 5) is 16.3. The topological polar surface area (TPSA) is 60.9 Å². The van der Waals surface area contributed by atoms with Gasteiger partial charge in [0.15, 0.2) is 0 Å². The van der Waals surface area contributed by atoms with Crippen LogP contribution in [0.15, 0.2) is 24.5 Å². The van der Waals surface area contributed by atoms with Crippen LogP contribution in [-0.2, 0) is 6.42 Å². The Balaban J connectivity index is 2.69. The summed E-state index contributed by atoms with van der Waals surface area (Å²) in [6, 6.07) is 4.19. The molecule has 2 aromatic heterocycles. The van der Waals surface area contributed by atoms with E-state index in [0.717, 1.165) is 29.7 Å². The molecule has 4 nitrogen and oxygen atoms in total. The Labute approximate surface area is 138 Å². The van der Waals surface area contributed by atoms with Gasteiger partial charge in [-0.2, -0.15) is 0 Å². The average Bonchev–Trinajstić information content (AvgIpc) is 2.81. The molecule has 4 heteroatoms. The Morgan fingerprint density at radius 2 is 2.09 bits per heavy atom. The quantitative estimate of drug-likeness (QED) is 0.776. The lowest BCUT2D eigenvalue weighted by Gasteiger charge is -2.16. The summed E-state index contributed by atoms with van der Waals surface area (Å²) in [7, 11) is 0. The molecule has 0 spiro atoms. The van der Waals surface area contributed by atoms with E-state index in [2.05, 4.69) is 30.3 Å². The summed E-state index contributed by atoms with van der Waals surface area (Å²) in [6.07, 6.45) is 7.97. The van der Waals surface area contributed by atoms with Crippen LogP contribution < -0.4 is 5.73 Å². The number of hydrogen-bond donors (Lipinski definition) is 1. The van der Waals surface area contributed by atoms with Crippen molar-refractivity contribution < 1.29 is 4.79 Å². The Morgan fingerprint density at radius 3 is 2.61 bits per heavy atom. The third-order valence-corrected chi connectivity index (χ3v) is 4.28. The van der Waals surface area contributed by atoms with E-state index in [1.165, 1.54) is 18.5 Å². The average molecular weight is 313 g/mol. The fourth-order valence-corrected chi connectivity index (χ4v) is 3.38. The highest BCUT2D eigenvalue weighted by atomic mass is 16.1. The van der Waals surface area contributed by atoms with Crippen LogP contribution >= 0.6 is 0 Å². The summed E-state index contributed by atoms with van der Waals surface area (Å²) in [5, 5.41) is 0. The molecule has 0 saturated heterocycles. The van der Waals surface area contributed by atoms with Gasteiger partial charge in [-0.1, -0.05) is 25.8 Å². The van der Waals surface area contributed by atoms with Crippen molar-refractivity contribution in [3.63, 3.8) is 0 Å². The van der Waals surface area contributed by atoms with Crippen LogP contribution in [0, 0.1) is 6.92 Å². The lowest BCUT2D eigenvalue weighted by Crippen LogP contribution is -2.14. The minimum atomic E-state index is -0.363. The van der Waals surface area contributed by atoms with E-state index < -0.39 is 0 Å². The van der Waals surface area contributed by atoms with E-state index in [1.807, 2.05) is 25.3 Å². The molecule has 2 rings (SSSR count). The van der Waals surface area contributed by atoms with E-state index in [4.69, 9.17) is 5.73 Å². The molecular formula is C19H27N3O. The number of hydrogen-bond acceptors (Lipinski definition) is 2. The second-order valence-corrected chi connectivity index (χ2v) is 6.31. The predicted molar refractivity (Wildman–Crippen MR) is 94.5 cm³/mol. The van der Waals surface area contributed by atoms with Gasteiger partial charge in [-0.05, 0) is 39.7 Å². The molecule has 0 aliphatic heterocycles. The Morgan fingerprint density at radius 1 is 1.35 bits per heavy atom. The van der Waals surface area contributed by atoms with Gasteiger partial charge in [-0.3, -0.25) is 9.78 Å². The number of rotatable bonds is 7. The maximum atomic E-state index is 12.1. The van der Waals surface area contributed by atoms with E-state index in [1.54, 1.807) is 6.20 Å². The predicted octanol–water partition coefficient (Wildman–Crippen LogP) is 4.27. The standard InChI is InChI=1S/C19H27N3O/c1-5-6-7-10-16-18(15-9-8-11-21-12-15)17(19(20)23)14(4)22(16)13(2)3/h8-9,11-13H,5-7,10H2,1-4H3,(H2,20,23). The lowest BCUT2D eigenvalue weighted by molar-refractivity contribution is 0.1000. The number of nitrogens with zero attached hydrogens (tertiary/aromatic N) is 2. The fraction of sp³-hybridized carbons (Fsp3) is 0.474. The first kappa shape index (κ1) is 17.3. The molecule has 0 aliphatic carbocycles. The Kier molecular flexibility index (Phi) is 5.59. The van der Waals surface area contributed by atoms with Gasteiger partial charge in [0.1, 0.15) is 0 Å². The second kappa shape index (κ2) is 7.44. The third-order valence-electron chi connectivity index (χ3n) is 4.28. The molecule has 0 radical (unpaired) electrons. The SMILES string of the molecule is CCCCCc1c(-c2cccnc2)c(C(N)=O)c(C)n1C(C)C. The monoisotopic (exact) mass is 313 g/mol. The molecule has 0 saturated carbocycles. The van der Waals surface area contributed by atoms with Gasteiger partial charge in [0.05, 0.1) is 5.56 Å². The molecule has 0 aromatic carbocycles. The first-order chi connectivity index (χ1) is 11.0. The second-order valence-electron chi connectivity index (χ2n) is 6.31. The summed E-state index contributed by atoms with van der Waals surface area (Å²) in [5.74, 6) is -0.363. The molecule has 2 N–H and O–H groups in total. The van der Waals surface area contributed by atoms with Gasteiger partial charge in [0.2, 0.25) is 0 Å². The van der Waals surface area contributed by atoms with Gasteiger partial charge in [-0.25, -0.2) is 0 Å². The minimum Gasteiger partial charge on any atom is -0.366 e. The number of pyridine rings is 1. The first-order valence-electron chi connectivity index (χ1n) is 8.42. The minimum absolute atomic E-state index is 0.287.